The molecule has 0 atom stereocenters. The molecule has 0 radical (unpaired) electrons. The summed E-state index contributed by atoms with van der Waals surface area (Å²) in [5.41, 5.74) is 5.37. The number of nitriles is 1. The van der Waals surface area contributed by atoms with Gasteiger partial charge in [-0.05, 0) is 78.1 Å². The number of nitrogens with one attached hydrogen (secondary N) is 1. The van der Waals surface area contributed by atoms with E-state index in [0.29, 0.717) is 42.5 Å². The molecule has 1 saturated carbocycles. The smallest absolute Gasteiger partial charge is 0.251 e. The average molecular weight is 470 g/mol. The van der Waals surface area contributed by atoms with Crippen molar-refractivity contribution in [3.05, 3.63) is 82.9 Å². The van der Waals surface area contributed by atoms with Crippen LogP contribution in [-0.4, -0.2) is 24.8 Å². The molecule has 5 rings (SSSR count). The Hall–Kier alpha value is -3.43. The fourth-order valence-electron chi connectivity index (χ4n) is 4.30. The Labute approximate surface area is 204 Å². The molecule has 1 aliphatic heterocycles. The van der Waals surface area contributed by atoms with Gasteiger partial charge in [-0.3, -0.25) is 4.79 Å². The minimum Gasteiger partial charge on any atom is -0.490 e. The van der Waals surface area contributed by atoms with Crippen LogP contribution >= 0.6 is 11.8 Å². The number of thioether (sulfide) groups is 1. The fraction of sp³-hybridized carbons (Fsp3) is 0.286. The summed E-state index contributed by atoms with van der Waals surface area (Å²) in [5, 5.41) is 12.7. The zero-order valence-corrected chi connectivity index (χ0v) is 20.0. The first-order chi connectivity index (χ1) is 16.7. The summed E-state index contributed by atoms with van der Waals surface area (Å²) < 4.78 is 5.92. The second kappa shape index (κ2) is 9.82. The summed E-state index contributed by atoms with van der Waals surface area (Å²) in [5.74, 6) is 2.18. The van der Waals surface area contributed by atoms with E-state index in [-0.39, 0.29) is 5.91 Å². The second-order valence-corrected chi connectivity index (χ2v) is 9.94. The van der Waals surface area contributed by atoms with E-state index in [1.807, 2.05) is 18.2 Å². The van der Waals surface area contributed by atoms with Crippen molar-refractivity contribution in [1.29, 1.82) is 5.26 Å². The van der Waals surface area contributed by atoms with Crippen molar-refractivity contribution < 1.29 is 9.53 Å². The van der Waals surface area contributed by atoms with Crippen molar-refractivity contribution in [1.82, 2.24) is 5.32 Å². The molecule has 0 saturated heterocycles. The average Bonchev–Trinajstić information content (AvgIpc) is 3.73. The van der Waals surface area contributed by atoms with Gasteiger partial charge in [0.2, 0.25) is 0 Å². The topological polar surface area (TPSA) is 65.4 Å². The predicted molar refractivity (Wildman–Crippen MR) is 136 cm³/mol. The van der Waals surface area contributed by atoms with Crippen molar-refractivity contribution in [2.24, 2.45) is 0 Å². The van der Waals surface area contributed by atoms with Crippen molar-refractivity contribution in [2.75, 3.05) is 23.8 Å². The van der Waals surface area contributed by atoms with E-state index >= 15 is 0 Å². The maximum atomic E-state index is 12.8. The zero-order chi connectivity index (χ0) is 23.5. The van der Waals surface area contributed by atoms with Gasteiger partial charge in [-0.25, -0.2) is 0 Å². The van der Waals surface area contributed by atoms with Crippen LogP contribution in [0.2, 0.25) is 0 Å². The van der Waals surface area contributed by atoms with E-state index in [9.17, 15) is 10.1 Å². The van der Waals surface area contributed by atoms with Crippen LogP contribution in [-0.2, 0) is 6.54 Å². The minimum absolute atomic E-state index is 0.135. The number of nitrogens with zero attached hydrogens (tertiary/aromatic N) is 2. The number of fused-ring (bicyclic) bond motifs is 1. The summed E-state index contributed by atoms with van der Waals surface area (Å²) in [6.45, 7) is 3.76. The van der Waals surface area contributed by atoms with Crippen LogP contribution in [0.15, 0.2) is 65.6 Å². The molecular formula is C28H27N3O2S. The first-order valence-electron chi connectivity index (χ1n) is 11.7. The molecule has 172 valence electrons. The lowest BCUT2D eigenvalue weighted by Crippen LogP contribution is -2.30. The molecule has 0 bridgehead atoms. The van der Waals surface area contributed by atoms with Crippen LogP contribution in [0.4, 0.5) is 11.4 Å². The molecular weight excluding hydrogens is 442 g/mol. The van der Waals surface area contributed by atoms with Crippen LogP contribution in [0.5, 0.6) is 5.75 Å². The SMILES string of the molecule is CCSc1ccc(CNC(=O)c2ccc3c(c2)OCCN3c2cc(C3CC3)ccc2C#N)cc1. The highest BCUT2D eigenvalue weighted by Crippen LogP contribution is 2.44. The highest BCUT2D eigenvalue weighted by molar-refractivity contribution is 7.99. The van der Waals surface area contributed by atoms with E-state index in [2.05, 4.69) is 59.6 Å². The quantitative estimate of drug-likeness (QED) is 0.430. The van der Waals surface area contributed by atoms with Gasteiger partial charge >= 0.3 is 0 Å². The number of carbonyl (C=O) groups is 1. The highest BCUT2D eigenvalue weighted by atomic mass is 32.2. The number of ether oxygens (including phenoxy) is 1. The number of rotatable bonds is 7. The van der Waals surface area contributed by atoms with Crippen LogP contribution in [0.25, 0.3) is 0 Å². The number of benzene rings is 3. The van der Waals surface area contributed by atoms with Crippen molar-refractivity contribution in [3.8, 4) is 11.8 Å². The maximum Gasteiger partial charge on any atom is 0.251 e. The summed E-state index contributed by atoms with van der Waals surface area (Å²) in [4.78, 5) is 16.2. The molecule has 1 amide bonds. The molecule has 1 N–H and O–H groups in total. The molecule has 0 spiro atoms. The van der Waals surface area contributed by atoms with Gasteiger partial charge in [0, 0.05) is 17.0 Å². The van der Waals surface area contributed by atoms with E-state index < -0.39 is 0 Å². The molecule has 3 aromatic carbocycles. The third kappa shape index (κ3) is 4.76. The van der Waals surface area contributed by atoms with Gasteiger partial charge in [-0.2, -0.15) is 5.26 Å². The van der Waals surface area contributed by atoms with Gasteiger partial charge in [0.1, 0.15) is 18.4 Å². The van der Waals surface area contributed by atoms with E-state index in [1.165, 1.54) is 23.3 Å². The number of carbonyl (C=O) groups excluding carboxylic acids is 1. The molecule has 0 aromatic heterocycles. The third-order valence-electron chi connectivity index (χ3n) is 6.25. The molecule has 1 aliphatic carbocycles. The normalized spacial score (nSPS) is 14.6. The first kappa shape index (κ1) is 22.4. The van der Waals surface area contributed by atoms with Gasteiger partial charge in [0.05, 0.1) is 23.5 Å². The van der Waals surface area contributed by atoms with Gasteiger partial charge in [-0.15, -0.1) is 11.8 Å². The molecule has 2 aliphatic rings. The van der Waals surface area contributed by atoms with Gasteiger partial charge in [0.15, 0.2) is 0 Å². The molecule has 34 heavy (non-hydrogen) atoms. The Morgan fingerprint density at radius 2 is 1.94 bits per heavy atom. The zero-order valence-electron chi connectivity index (χ0n) is 19.2. The molecule has 1 fully saturated rings. The Morgan fingerprint density at radius 1 is 1.12 bits per heavy atom. The summed E-state index contributed by atoms with van der Waals surface area (Å²) in [6, 6.07) is 22.3. The molecule has 1 heterocycles. The lowest BCUT2D eigenvalue weighted by atomic mass is 10.0. The Kier molecular flexibility index (Phi) is 6.46. The molecule has 6 heteroatoms. The summed E-state index contributed by atoms with van der Waals surface area (Å²) in [7, 11) is 0. The monoisotopic (exact) mass is 469 g/mol. The maximum absolute atomic E-state index is 12.8. The van der Waals surface area contributed by atoms with Gasteiger partial charge in [-0.1, -0.05) is 25.1 Å². The predicted octanol–water partition coefficient (Wildman–Crippen LogP) is 6.01. The molecule has 0 unspecified atom stereocenters. The van der Waals surface area contributed by atoms with E-state index in [1.54, 1.807) is 17.8 Å². The second-order valence-electron chi connectivity index (χ2n) is 8.60. The van der Waals surface area contributed by atoms with E-state index in [4.69, 9.17) is 4.74 Å². The fourth-order valence-corrected chi connectivity index (χ4v) is 4.97. The summed E-state index contributed by atoms with van der Waals surface area (Å²) in [6.07, 6.45) is 2.43. The highest BCUT2D eigenvalue weighted by Gasteiger charge is 2.27. The number of amides is 1. The largest absolute Gasteiger partial charge is 0.490 e. The standard InChI is InChI=1S/C28H27N3O2S/c1-2-34-24-10-3-19(4-11-24)18-30-28(32)22-9-12-25-27(16-22)33-14-13-31(25)26-15-21(20-5-6-20)7-8-23(26)17-29/h3-4,7-12,15-16,20H,2,5-6,13-14,18H2,1H3,(H,30,32). The molecule has 5 nitrogen and oxygen atoms in total. The van der Waals surface area contributed by atoms with Gasteiger partial charge in [0.25, 0.3) is 5.91 Å². The Balaban J connectivity index is 1.33. The third-order valence-corrected chi connectivity index (χ3v) is 7.15. The van der Waals surface area contributed by atoms with Crippen molar-refractivity contribution in [2.45, 2.75) is 37.1 Å². The Morgan fingerprint density at radius 3 is 2.68 bits per heavy atom. The van der Waals surface area contributed by atoms with Crippen LogP contribution in [0.3, 0.4) is 0 Å². The van der Waals surface area contributed by atoms with Crippen LogP contribution in [0.1, 0.15) is 52.7 Å². The van der Waals surface area contributed by atoms with E-state index in [0.717, 1.165) is 22.7 Å². The van der Waals surface area contributed by atoms with Crippen molar-refractivity contribution >= 4 is 29.0 Å². The Bertz CT molecular complexity index is 1250. The van der Waals surface area contributed by atoms with Gasteiger partial charge < -0.3 is 15.0 Å². The number of anilines is 2. The first-order valence-corrected chi connectivity index (χ1v) is 12.7. The lowest BCUT2D eigenvalue weighted by molar-refractivity contribution is 0.0950. The number of hydrogen-bond donors (Lipinski definition) is 1. The lowest BCUT2D eigenvalue weighted by Gasteiger charge is -2.32. The van der Waals surface area contributed by atoms with Crippen LogP contribution in [0, 0.1) is 11.3 Å². The minimum atomic E-state index is -0.135. The number of hydrogen-bond acceptors (Lipinski definition) is 5. The summed E-state index contributed by atoms with van der Waals surface area (Å²) >= 11 is 1.80. The van der Waals surface area contributed by atoms with Crippen molar-refractivity contribution in [3.63, 3.8) is 0 Å². The molecule has 3 aromatic rings. The van der Waals surface area contributed by atoms with Crippen LogP contribution < -0.4 is 15.0 Å².